The van der Waals surface area contributed by atoms with E-state index in [1.165, 1.54) is 24.8 Å². The van der Waals surface area contributed by atoms with Crippen LogP contribution in [0.1, 0.15) is 38.7 Å². The van der Waals surface area contributed by atoms with Crippen LogP contribution in [0.15, 0.2) is 24.3 Å². The Bertz CT molecular complexity index is 402. The van der Waals surface area contributed by atoms with Gasteiger partial charge in [0.1, 0.15) is 11.9 Å². The zero-order valence-electron chi connectivity index (χ0n) is 11.1. The summed E-state index contributed by atoms with van der Waals surface area (Å²) in [6.07, 6.45) is 4.45. The minimum absolute atomic E-state index is 0.462. The summed E-state index contributed by atoms with van der Waals surface area (Å²) < 4.78 is 6.20. The number of hydrogen-bond acceptors (Lipinski definition) is 1. The second-order valence-corrected chi connectivity index (χ2v) is 6.11. The molecule has 0 aromatic heterocycles. The minimum Gasteiger partial charge on any atom is -0.490 e. The number of benzene rings is 1. The highest BCUT2D eigenvalue weighted by Gasteiger charge is 2.61. The first-order valence-electron chi connectivity index (χ1n) is 6.86. The Kier molecular flexibility index (Phi) is 2.46. The van der Waals surface area contributed by atoms with Crippen LogP contribution in [0.4, 0.5) is 0 Å². The lowest BCUT2D eigenvalue weighted by Crippen LogP contribution is -2.63. The molecule has 4 unspecified atom stereocenters. The van der Waals surface area contributed by atoms with Crippen molar-refractivity contribution in [1.29, 1.82) is 0 Å². The van der Waals surface area contributed by atoms with E-state index in [0.717, 1.165) is 17.6 Å². The molecule has 1 heteroatoms. The quantitative estimate of drug-likeness (QED) is 0.740. The Balaban J connectivity index is 1.72. The average molecular weight is 230 g/mol. The zero-order valence-corrected chi connectivity index (χ0v) is 11.1. The van der Waals surface area contributed by atoms with Gasteiger partial charge in [0, 0.05) is 5.41 Å². The molecule has 0 heterocycles. The van der Waals surface area contributed by atoms with Crippen molar-refractivity contribution >= 4 is 0 Å². The molecule has 0 amide bonds. The summed E-state index contributed by atoms with van der Waals surface area (Å²) in [6, 6.07) is 8.48. The Morgan fingerprint density at radius 3 is 2.29 bits per heavy atom. The molecular formula is C16H22O. The fourth-order valence-corrected chi connectivity index (χ4v) is 3.83. The van der Waals surface area contributed by atoms with E-state index in [1.54, 1.807) is 0 Å². The summed E-state index contributed by atoms with van der Waals surface area (Å²) in [6.45, 7) is 6.90. The zero-order chi connectivity index (χ0) is 12.0. The molecule has 0 N–H and O–H groups in total. The Morgan fingerprint density at radius 2 is 1.82 bits per heavy atom. The van der Waals surface area contributed by atoms with Crippen LogP contribution in [0, 0.1) is 24.2 Å². The molecule has 2 aliphatic carbocycles. The Hall–Kier alpha value is -0.980. The van der Waals surface area contributed by atoms with Gasteiger partial charge in [-0.25, -0.2) is 0 Å². The van der Waals surface area contributed by atoms with Crippen molar-refractivity contribution in [1.82, 2.24) is 0 Å². The van der Waals surface area contributed by atoms with Crippen molar-refractivity contribution in [2.24, 2.45) is 17.3 Å². The molecule has 0 saturated heterocycles. The molecule has 1 spiro atoms. The van der Waals surface area contributed by atoms with E-state index in [4.69, 9.17) is 4.74 Å². The third kappa shape index (κ3) is 1.51. The fourth-order valence-electron chi connectivity index (χ4n) is 3.83. The maximum Gasteiger partial charge on any atom is 0.119 e. The van der Waals surface area contributed by atoms with Crippen molar-refractivity contribution < 1.29 is 4.74 Å². The van der Waals surface area contributed by atoms with Gasteiger partial charge >= 0.3 is 0 Å². The third-order valence-electron chi connectivity index (χ3n) is 5.31. The van der Waals surface area contributed by atoms with Crippen LogP contribution in [0.25, 0.3) is 0 Å². The van der Waals surface area contributed by atoms with Crippen LogP contribution in [0.3, 0.4) is 0 Å². The van der Waals surface area contributed by atoms with Crippen LogP contribution < -0.4 is 4.74 Å². The van der Waals surface area contributed by atoms with Gasteiger partial charge in [-0.15, -0.1) is 0 Å². The first-order valence-corrected chi connectivity index (χ1v) is 6.86. The summed E-state index contributed by atoms with van der Waals surface area (Å²) in [4.78, 5) is 0. The lowest BCUT2D eigenvalue weighted by atomic mass is 9.44. The SMILES string of the molecule is Cc1ccc(OC2CC(C)C23CCC3C)cc1. The molecule has 1 nitrogen and oxygen atoms in total. The highest BCUT2D eigenvalue weighted by Crippen LogP contribution is 2.63. The first kappa shape index (κ1) is 11.1. The lowest BCUT2D eigenvalue weighted by Gasteiger charge is -2.63. The molecule has 0 bridgehead atoms. The number of ether oxygens (including phenoxy) is 1. The Labute approximate surface area is 104 Å². The number of aryl methyl sites for hydroxylation is 1. The second kappa shape index (κ2) is 3.76. The standard InChI is InChI=1S/C16H22O/c1-11-4-6-14(7-5-11)17-15-10-13(3)16(15)9-8-12(16)2/h4-7,12-13,15H,8-10H2,1-3H3. The van der Waals surface area contributed by atoms with E-state index in [0.29, 0.717) is 11.5 Å². The van der Waals surface area contributed by atoms with Gasteiger partial charge in [0.15, 0.2) is 0 Å². The first-order chi connectivity index (χ1) is 8.13. The molecule has 1 aromatic carbocycles. The fraction of sp³-hybridized carbons (Fsp3) is 0.625. The van der Waals surface area contributed by atoms with E-state index in [2.05, 4.69) is 45.0 Å². The normalized spacial score (nSPS) is 39.6. The van der Waals surface area contributed by atoms with E-state index in [1.807, 2.05) is 0 Å². The van der Waals surface area contributed by atoms with Gasteiger partial charge in [0.2, 0.25) is 0 Å². The minimum atomic E-state index is 0.462. The predicted octanol–water partition coefficient (Wildman–Crippen LogP) is 4.20. The molecule has 0 radical (unpaired) electrons. The molecule has 2 saturated carbocycles. The van der Waals surface area contributed by atoms with Gasteiger partial charge in [-0.2, -0.15) is 0 Å². The van der Waals surface area contributed by atoms with Gasteiger partial charge in [-0.05, 0) is 50.2 Å². The van der Waals surface area contributed by atoms with Gasteiger partial charge in [0.05, 0.1) is 0 Å². The number of rotatable bonds is 2. The summed E-state index contributed by atoms with van der Waals surface area (Å²) in [5, 5.41) is 0. The lowest BCUT2D eigenvalue weighted by molar-refractivity contribution is -0.187. The van der Waals surface area contributed by atoms with Crippen molar-refractivity contribution in [3.8, 4) is 5.75 Å². The molecule has 92 valence electrons. The molecule has 0 aliphatic heterocycles. The van der Waals surface area contributed by atoms with Crippen molar-refractivity contribution in [2.45, 2.75) is 46.1 Å². The van der Waals surface area contributed by atoms with E-state index < -0.39 is 0 Å². The highest BCUT2D eigenvalue weighted by atomic mass is 16.5. The summed E-state index contributed by atoms with van der Waals surface area (Å²) in [5.74, 6) is 2.74. The maximum atomic E-state index is 6.20. The molecule has 1 aromatic rings. The van der Waals surface area contributed by atoms with Crippen LogP contribution in [-0.2, 0) is 0 Å². The predicted molar refractivity (Wildman–Crippen MR) is 70.2 cm³/mol. The van der Waals surface area contributed by atoms with Gasteiger partial charge in [-0.1, -0.05) is 31.5 Å². The van der Waals surface area contributed by atoms with Crippen LogP contribution >= 0.6 is 0 Å². The van der Waals surface area contributed by atoms with Crippen molar-refractivity contribution in [3.63, 3.8) is 0 Å². The van der Waals surface area contributed by atoms with E-state index in [-0.39, 0.29) is 0 Å². The smallest absolute Gasteiger partial charge is 0.119 e. The largest absolute Gasteiger partial charge is 0.490 e. The summed E-state index contributed by atoms with van der Waals surface area (Å²) in [5.41, 5.74) is 1.80. The van der Waals surface area contributed by atoms with Crippen LogP contribution in [0.2, 0.25) is 0 Å². The van der Waals surface area contributed by atoms with Crippen LogP contribution in [0.5, 0.6) is 5.75 Å². The molecule has 3 rings (SSSR count). The van der Waals surface area contributed by atoms with Gasteiger partial charge in [0.25, 0.3) is 0 Å². The maximum absolute atomic E-state index is 6.20. The molecule has 17 heavy (non-hydrogen) atoms. The monoisotopic (exact) mass is 230 g/mol. The third-order valence-corrected chi connectivity index (χ3v) is 5.31. The molecule has 2 fully saturated rings. The molecule has 4 atom stereocenters. The number of hydrogen-bond donors (Lipinski definition) is 0. The highest BCUT2D eigenvalue weighted by molar-refractivity contribution is 5.27. The molecule has 2 aliphatic rings. The van der Waals surface area contributed by atoms with Gasteiger partial charge < -0.3 is 4.74 Å². The topological polar surface area (TPSA) is 9.23 Å². The van der Waals surface area contributed by atoms with Crippen molar-refractivity contribution in [3.05, 3.63) is 29.8 Å². The summed E-state index contributed by atoms with van der Waals surface area (Å²) >= 11 is 0. The second-order valence-electron chi connectivity index (χ2n) is 6.11. The van der Waals surface area contributed by atoms with Crippen LogP contribution in [-0.4, -0.2) is 6.10 Å². The van der Waals surface area contributed by atoms with Crippen molar-refractivity contribution in [2.75, 3.05) is 0 Å². The van der Waals surface area contributed by atoms with Gasteiger partial charge in [-0.3, -0.25) is 0 Å². The summed E-state index contributed by atoms with van der Waals surface area (Å²) in [7, 11) is 0. The average Bonchev–Trinajstić information content (AvgIpc) is 2.29. The Morgan fingerprint density at radius 1 is 1.12 bits per heavy atom. The van der Waals surface area contributed by atoms with E-state index >= 15 is 0 Å². The molecular weight excluding hydrogens is 208 g/mol. The van der Waals surface area contributed by atoms with E-state index in [9.17, 15) is 0 Å².